The van der Waals surface area contributed by atoms with Crippen molar-refractivity contribution in [1.29, 1.82) is 0 Å². The number of nitrogens with one attached hydrogen (secondary N) is 1. The van der Waals surface area contributed by atoms with Gasteiger partial charge in [-0.05, 0) is 19.1 Å². The number of furan rings is 1. The Labute approximate surface area is 92.4 Å². The second kappa shape index (κ2) is 5.32. The molecule has 1 heterocycles. The molecule has 0 aliphatic carbocycles. The molecule has 0 saturated carbocycles. The Hall–Kier alpha value is -1.82. The number of amides is 1. The highest BCUT2D eigenvalue weighted by molar-refractivity contribution is 5.84. The number of hydrogen-bond donors (Lipinski definition) is 3. The number of aromatic carboxylic acids is 1. The molecule has 4 N–H and O–H groups in total. The fourth-order valence-corrected chi connectivity index (χ4v) is 1.14. The Bertz CT molecular complexity index is 384. The monoisotopic (exact) mass is 226 g/mol. The molecule has 0 aromatic carbocycles. The molecule has 6 nitrogen and oxygen atoms in total. The van der Waals surface area contributed by atoms with Crippen molar-refractivity contribution in [2.24, 2.45) is 5.73 Å². The number of nitrogens with two attached hydrogens (primary N) is 1. The zero-order valence-corrected chi connectivity index (χ0v) is 8.90. The fourth-order valence-electron chi connectivity index (χ4n) is 1.14. The normalized spacial score (nSPS) is 12.1. The van der Waals surface area contributed by atoms with Crippen molar-refractivity contribution in [2.75, 3.05) is 0 Å². The smallest absolute Gasteiger partial charge is 0.371 e. The lowest BCUT2D eigenvalue weighted by Gasteiger charge is -2.05. The summed E-state index contributed by atoms with van der Waals surface area (Å²) in [6.07, 6.45) is 0.229. The van der Waals surface area contributed by atoms with Gasteiger partial charge in [0.1, 0.15) is 5.76 Å². The van der Waals surface area contributed by atoms with Crippen molar-refractivity contribution in [3.05, 3.63) is 23.7 Å². The predicted octanol–water partition coefficient (Wildman–Crippen LogP) is 0.331. The van der Waals surface area contributed by atoms with Crippen molar-refractivity contribution in [1.82, 2.24) is 5.32 Å². The third-order valence-corrected chi connectivity index (χ3v) is 1.84. The van der Waals surface area contributed by atoms with E-state index in [1.165, 1.54) is 12.1 Å². The first-order valence-corrected chi connectivity index (χ1v) is 4.83. The van der Waals surface area contributed by atoms with Crippen LogP contribution >= 0.6 is 0 Å². The van der Waals surface area contributed by atoms with E-state index < -0.39 is 5.97 Å². The van der Waals surface area contributed by atoms with Gasteiger partial charge in [0, 0.05) is 12.5 Å². The Morgan fingerprint density at radius 3 is 2.75 bits per heavy atom. The molecule has 0 aliphatic rings. The summed E-state index contributed by atoms with van der Waals surface area (Å²) in [5.74, 6) is -1.07. The minimum atomic E-state index is -1.13. The minimum absolute atomic E-state index is 0.142. The van der Waals surface area contributed by atoms with Gasteiger partial charge in [0.05, 0.1) is 6.54 Å². The van der Waals surface area contributed by atoms with Crippen LogP contribution in [0.25, 0.3) is 0 Å². The molecule has 1 atom stereocenters. The van der Waals surface area contributed by atoms with Crippen LogP contribution in [0.3, 0.4) is 0 Å². The van der Waals surface area contributed by atoms with Crippen LogP contribution in [0, 0.1) is 0 Å². The third-order valence-electron chi connectivity index (χ3n) is 1.84. The summed E-state index contributed by atoms with van der Waals surface area (Å²) >= 11 is 0. The summed E-state index contributed by atoms with van der Waals surface area (Å²) in [5, 5.41) is 11.2. The lowest BCUT2D eigenvalue weighted by Crippen LogP contribution is -2.29. The molecular weight excluding hydrogens is 212 g/mol. The molecule has 0 fully saturated rings. The highest BCUT2D eigenvalue weighted by Gasteiger charge is 2.10. The molecule has 1 aromatic rings. The Balaban J connectivity index is 2.42. The van der Waals surface area contributed by atoms with E-state index in [2.05, 4.69) is 5.32 Å². The number of carbonyl (C=O) groups excluding carboxylic acids is 1. The summed E-state index contributed by atoms with van der Waals surface area (Å²) in [4.78, 5) is 21.7. The van der Waals surface area contributed by atoms with Crippen LogP contribution < -0.4 is 11.1 Å². The largest absolute Gasteiger partial charge is 0.475 e. The first-order chi connectivity index (χ1) is 7.49. The van der Waals surface area contributed by atoms with E-state index in [4.69, 9.17) is 15.3 Å². The lowest BCUT2D eigenvalue weighted by molar-refractivity contribution is -0.121. The molecule has 6 heteroatoms. The number of hydrogen-bond acceptors (Lipinski definition) is 4. The standard InChI is InChI=1S/C10H14N2O4/c1-6(11)4-9(13)12-5-7-2-3-8(16-7)10(14)15/h2-3,6H,4-5,11H2,1H3,(H,12,13)(H,14,15). The van der Waals surface area contributed by atoms with Gasteiger partial charge in [0.25, 0.3) is 0 Å². The Kier molecular flexibility index (Phi) is 4.07. The second-order valence-corrected chi connectivity index (χ2v) is 3.53. The average Bonchev–Trinajstić information content (AvgIpc) is 2.61. The van der Waals surface area contributed by atoms with E-state index in [0.717, 1.165) is 0 Å². The van der Waals surface area contributed by atoms with Gasteiger partial charge < -0.3 is 20.6 Å². The first-order valence-electron chi connectivity index (χ1n) is 4.83. The summed E-state index contributed by atoms with van der Waals surface area (Å²) in [7, 11) is 0. The molecule has 88 valence electrons. The van der Waals surface area contributed by atoms with Crippen molar-refractivity contribution < 1.29 is 19.1 Å². The van der Waals surface area contributed by atoms with E-state index in [-0.39, 0.29) is 30.7 Å². The summed E-state index contributed by atoms with van der Waals surface area (Å²) < 4.78 is 4.95. The van der Waals surface area contributed by atoms with Crippen molar-refractivity contribution in [3.8, 4) is 0 Å². The molecule has 0 bridgehead atoms. The van der Waals surface area contributed by atoms with Gasteiger partial charge in [0.2, 0.25) is 11.7 Å². The van der Waals surface area contributed by atoms with Gasteiger partial charge in [-0.1, -0.05) is 0 Å². The molecule has 1 rings (SSSR count). The van der Waals surface area contributed by atoms with Crippen LogP contribution in [0.2, 0.25) is 0 Å². The van der Waals surface area contributed by atoms with E-state index in [9.17, 15) is 9.59 Å². The topological polar surface area (TPSA) is 106 Å². The van der Waals surface area contributed by atoms with E-state index in [1.807, 2.05) is 0 Å². The number of carboxylic acids is 1. The molecule has 16 heavy (non-hydrogen) atoms. The van der Waals surface area contributed by atoms with Gasteiger partial charge in [-0.2, -0.15) is 0 Å². The van der Waals surface area contributed by atoms with Crippen LogP contribution in [-0.4, -0.2) is 23.0 Å². The number of carbonyl (C=O) groups is 2. The lowest BCUT2D eigenvalue weighted by atomic mass is 10.2. The second-order valence-electron chi connectivity index (χ2n) is 3.53. The van der Waals surface area contributed by atoms with Crippen molar-refractivity contribution >= 4 is 11.9 Å². The quantitative estimate of drug-likeness (QED) is 0.671. The third kappa shape index (κ3) is 3.74. The van der Waals surface area contributed by atoms with Crippen molar-refractivity contribution in [2.45, 2.75) is 25.9 Å². The van der Waals surface area contributed by atoms with Gasteiger partial charge in [-0.15, -0.1) is 0 Å². The first kappa shape index (κ1) is 12.3. The van der Waals surface area contributed by atoms with Gasteiger partial charge >= 0.3 is 5.97 Å². The predicted molar refractivity (Wildman–Crippen MR) is 55.8 cm³/mol. The maximum Gasteiger partial charge on any atom is 0.371 e. The van der Waals surface area contributed by atoms with Gasteiger partial charge in [-0.3, -0.25) is 4.79 Å². The maximum absolute atomic E-state index is 11.2. The van der Waals surface area contributed by atoms with Crippen LogP contribution in [0.1, 0.15) is 29.7 Å². The SMILES string of the molecule is CC(N)CC(=O)NCc1ccc(C(=O)O)o1. The average molecular weight is 226 g/mol. The zero-order valence-electron chi connectivity index (χ0n) is 8.90. The zero-order chi connectivity index (χ0) is 12.1. The van der Waals surface area contributed by atoms with Gasteiger partial charge in [-0.25, -0.2) is 4.79 Å². The van der Waals surface area contributed by atoms with E-state index in [1.54, 1.807) is 6.92 Å². The van der Waals surface area contributed by atoms with Crippen LogP contribution in [0.4, 0.5) is 0 Å². The maximum atomic E-state index is 11.2. The number of carboxylic acid groups (broad SMARTS) is 1. The summed E-state index contributed by atoms with van der Waals surface area (Å²) in [6, 6.07) is 2.65. The van der Waals surface area contributed by atoms with E-state index in [0.29, 0.717) is 5.76 Å². The van der Waals surface area contributed by atoms with Crippen molar-refractivity contribution in [3.63, 3.8) is 0 Å². The fraction of sp³-hybridized carbons (Fsp3) is 0.400. The molecule has 1 aromatic heterocycles. The molecule has 1 amide bonds. The Morgan fingerprint density at radius 1 is 1.56 bits per heavy atom. The molecule has 0 saturated heterocycles. The molecule has 1 unspecified atom stereocenters. The highest BCUT2D eigenvalue weighted by atomic mass is 16.4. The van der Waals surface area contributed by atoms with Gasteiger partial charge in [0.15, 0.2) is 0 Å². The highest BCUT2D eigenvalue weighted by Crippen LogP contribution is 2.07. The van der Waals surface area contributed by atoms with Crippen LogP contribution in [0.15, 0.2) is 16.5 Å². The van der Waals surface area contributed by atoms with Crippen LogP contribution in [-0.2, 0) is 11.3 Å². The molecule has 0 radical (unpaired) electrons. The molecule has 0 spiro atoms. The summed E-state index contributed by atoms with van der Waals surface area (Å²) in [5.41, 5.74) is 5.44. The van der Waals surface area contributed by atoms with E-state index >= 15 is 0 Å². The number of rotatable bonds is 5. The minimum Gasteiger partial charge on any atom is -0.475 e. The van der Waals surface area contributed by atoms with Crippen LogP contribution in [0.5, 0.6) is 0 Å². The molecular formula is C10H14N2O4. The molecule has 0 aliphatic heterocycles. The summed E-state index contributed by atoms with van der Waals surface area (Å²) in [6.45, 7) is 1.90. The Morgan fingerprint density at radius 2 is 2.25 bits per heavy atom.